The smallest absolute Gasteiger partial charge is 0.335 e. The van der Waals surface area contributed by atoms with Crippen LogP contribution in [0.25, 0.3) is 0 Å². The first-order valence-electron chi connectivity index (χ1n) is 4.51. The fraction of sp³-hybridized carbons (Fsp3) is 0.800. The van der Waals surface area contributed by atoms with Gasteiger partial charge in [-0.3, -0.25) is 0 Å². The molecule has 0 aromatic carbocycles. The Labute approximate surface area is 112 Å². The van der Waals surface area contributed by atoms with Gasteiger partial charge in [-0.2, -0.15) is 13.8 Å². The van der Waals surface area contributed by atoms with Crippen molar-refractivity contribution >= 4 is 4.90 Å². The van der Waals surface area contributed by atoms with Gasteiger partial charge in [-0.15, -0.1) is 0 Å². The van der Waals surface area contributed by atoms with Crippen LogP contribution < -0.4 is 0 Å². The molecule has 0 heterocycles. The molecule has 4 heteroatoms. The van der Waals surface area contributed by atoms with E-state index in [1.165, 1.54) is 5.92 Å². The number of hydrogen-bond acceptors (Lipinski definition) is 1. The van der Waals surface area contributed by atoms with Crippen LogP contribution in [0, 0.1) is 12.3 Å². The summed E-state index contributed by atoms with van der Waals surface area (Å²) in [5, 5.41) is 9.61. The number of hydrogen-bond donors (Lipinski definition) is 1. The molecule has 0 aromatic rings. The zero-order chi connectivity index (χ0) is 11.1. The van der Waals surface area contributed by atoms with Gasteiger partial charge < -0.3 is 6.42 Å². The fourth-order valence-corrected chi connectivity index (χ4v) is 2.19. The molecule has 0 aliphatic heterocycles. The van der Waals surface area contributed by atoms with Gasteiger partial charge in [-0.25, -0.2) is 0 Å². The third-order valence-corrected chi connectivity index (χ3v) is 5.55. The first-order valence-corrected chi connectivity index (χ1v) is 11.1. The van der Waals surface area contributed by atoms with Crippen LogP contribution in [0.5, 0.6) is 0 Å². The zero-order valence-corrected chi connectivity index (χ0v) is 15.3. The van der Waals surface area contributed by atoms with Crippen molar-refractivity contribution in [2.45, 2.75) is 40.0 Å². The average Bonchev–Trinajstić information content (AvgIpc) is 1.85. The summed E-state index contributed by atoms with van der Waals surface area (Å²) in [7, 11) is 0. The van der Waals surface area contributed by atoms with E-state index in [1.54, 1.807) is 18.8 Å². The molecular formula is C10H23OPVW. The Hall–Kier alpha value is 1.66. The molecule has 1 unspecified atom stereocenters. The van der Waals surface area contributed by atoms with Gasteiger partial charge in [-0.05, 0) is 0 Å². The minimum absolute atomic E-state index is 0. The molecule has 0 aliphatic rings. The molecule has 85 valence electrons. The third-order valence-electron chi connectivity index (χ3n) is 1.31. The van der Waals surface area contributed by atoms with E-state index in [2.05, 4.69) is 27.2 Å². The maximum Gasteiger partial charge on any atom is 2.00 e. The van der Waals surface area contributed by atoms with Crippen LogP contribution in [0.15, 0.2) is 0 Å². The maximum atomic E-state index is 9.61. The molecular weight excluding hydrogens is 402 g/mol. The summed E-state index contributed by atoms with van der Waals surface area (Å²) in [5.41, 5.74) is 0. The SMILES string of the molecule is C[C-](C)CC(O)[P](C)(C)=[W].C[CH-]C.[V+2]. The summed E-state index contributed by atoms with van der Waals surface area (Å²) in [4.78, 5) is -0.943. The third kappa shape index (κ3) is 16.1. The predicted octanol–water partition coefficient (Wildman–Crippen LogP) is 3.28. The summed E-state index contributed by atoms with van der Waals surface area (Å²) >= 11 is 1.57. The van der Waals surface area contributed by atoms with Crippen LogP contribution in [-0.4, -0.2) is 24.3 Å². The quantitative estimate of drug-likeness (QED) is 0.544. The Balaban J connectivity index is -0.000000267. The van der Waals surface area contributed by atoms with Crippen molar-refractivity contribution in [3.63, 3.8) is 0 Å². The Bertz CT molecular complexity index is 156. The Morgan fingerprint density at radius 1 is 1.36 bits per heavy atom. The molecule has 1 radical (unpaired) electrons. The van der Waals surface area contributed by atoms with E-state index in [4.69, 9.17) is 0 Å². The second-order valence-electron chi connectivity index (χ2n) is 3.90. The molecule has 14 heavy (non-hydrogen) atoms. The van der Waals surface area contributed by atoms with Gasteiger partial charge in [-0.1, -0.05) is 0 Å². The molecule has 0 fully saturated rings. The van der Waals surface area contributed by atoms with Crippen LogP contribution in [0.4, 0.5) is 0 Å². The fourth-order valence-electron chi connectivity index (χ4n) is 0.585. The van der Waals surface area contributed by atoms with Crippen molar-refractivity contribution in [2.24, 2.45) is 0 Å². The number of aliphatic hydroxyl groups excluding tert-OH is 1. The van der Waals surface area contributed by atoms with Crippen LogP contribution >= 0.6 is 4.90 Å². The van der Waals surface area contributed by atoms with Crippen molar-refractivity contribution in [3.05, 3.63) is 12.3 Å². The Morgan fingerprint density at radius 3 is 1.71 bits per heavy atom. The number of rotatable bonds is 3. The van der Waals surface area contributed by atoms with E-state index < -0.39 is 4.90 Å². The molecule has 0 saturated carbocycles. The van der Waals surface area contributed by atoms with Crippen molar-refractivity contribution < 1.29 is 42.5 Å². The Morgan fingerprint density at radius 2 is 1.64 bits per heavy atom. The van der Waals surface area contributed by atoms with Crippen molar-refractivity contribution in [3.8, 4) is 0 Å². The van der Waals surface area contributed by atoms with Crippen molar-refractivity contribution in [1.82, 2.24) is 0 Å². The van der Waals surface area contributed by atoms with Gasteiger partial charge in [0.25, 0.3) is 0 Å². The molecule has 1 N–H and O–H groups in total. The molecule has 0 spiro atoms. The van der Waals surface area contributed by atoms with Gasteiger partial charge in [0.2, 0.25) is 0 Å². The molecule has 0 aromatic heterocycles. The van der Waals surface area contributed by atoms with Crippen LogP contribution in [-0.2, 0) is 37.4 Å². The number of aliphatic hydroxyl groups is 1. The monoisotopic (exact) mass is 425 g/mol. The van der Waals surface area contributed by atoms with Crippen molar-refractivity contribution in [1.29, 1.82) is 0 Å². The Kier molecular flexibility index (Phi) is 16.7. The maximum absolute atomic E-state index is 9.61. The second-order valence-corrected chi connectivity index (χ2v) is 17.5. The molecule has 0 bridgehead atoms. The van der Waals surface area contributed by atoms with Gasteiger partial charge >= 0.3 is 92.7 Å². The topological polar surface area (TPSA) is 20.2 Å². The van der Waals surface area contributed by atoms with E-state index in [-0.39, 0.29) is 24.4 Å². The van der Waals surface area contributed by atoms with Gasteiger partial charge in [0.15, 0.2) is 0 Å². The molecule has 0 rings (SSSR count). The zero-order valence-electron chi connectivity index (χ0n) is 10.1. The van der Waals surface area contributed by atoms with E-state index in [0.717, 1.165) is 6.42 Å². The van der Waals surface area contributed by atoms with E-state index >= 15 is 0 Å². The van der Waals surface area contributed by atoms with Gasteiger partial charge in [0.1, 0.15) is 0 Å². The first-order chi connectivity index (χ1) is 5.75. The van der Waals surface area contributed by atoms with E-state index in [0.29, 0.717) is 0 Å². The summed E-state index contributed by atoms with van der Waals surface area (Å²) in [6, 6.07) is 0. The van der Waals surface area contributed by atoms with E-state index in [9.17, 15) is 5.11 Å². The van der Waals surface area contributed by atoms with Crippen LogP contribution in [0.3, 0.4) is 0 Å². The predicted molar refractivity (Wildman–Crippen MR) is 59.6 cm³/mol. The van der Waals surface area contributed by atoms with Crippen LogP contribution in [0.1, 0.15) is 34.1 Å². The summed E-state index contributed by atoms with van der Waals surface area (Å²) in [5.74, 6) is 1.29. The summed E-state index contributed by atoms with van der Waals surface area (Å²) < 4.78 is 0. The largest absolute Gasteiger partial charge is 2.00 e. The molecule has 0 saturated heterocycles. The van der Waals surface area contributed by atoms with Crippen molar-refractivity contribution in [2.75, 3.05) is 13.3 Å². The normalized spacial score (nSPS) is 12.6. The van der Waals surface area contributed by atoms with Gasteiger partial charge in [0.05, 0.1) is 0 Å². The second kappa shape index (κ2) is 11.2. The molecule has 1 atom stereocenters. The van der Waals surface area contributed by atoms with E-state index in [1.807, 2.05) is 20.3 Å². The molecule has 1 nitrogen and oxygen atoms in total. The standard InChI is InChI=1S/C7H16OP.C3H7.V.W/c1-6(2)5-7(8)9(3)4;1-3-2;;/h7-8H,5H2,1-4H3;3H,1-2H3;;/q2*-1;+2;. The first kappa shape index (κ1) is 21.0. The van der Waals surface area contributed by atoms with Crippen LogP contribution in [0.2, 0.25) is 0 Å². The molecule has 0 aliphatic carbocycles. The average molecular weight is 425 g/mol. The minimum atomic E-state index is -0.943. The van der Waals surface area contributed by atoms with Gasteiger partial charge in [0, 0.05) is 0 Å². The summed E-state index contributed by atoms with van der Waals surface area (Å²) in [6.45, 7) is 12.6. The minimum Gasteiger partial charge on any atom is -0.335 e. The molecule has 0 amide bonds. The summed E-state index contributed by atoms with van der Waals surface area (Å²) in [6.07, 6.45) is 2.89.